The molecule has 0 aliphatic carbocycles. The molecule has 0 N–H and O–H groups in total. The fraction of sp³-hybridized carbons (Fsp3) is 0.375. The molecule has 0 atom stereocenters. The number of imidazole rings is 1. The average Bonchev–Trinajstić information content (AvgIpc) is 2.91. The Labute approximate surface area is 140 Å². The molecule has 0 amide bonds. The Kier molecular flexibility index (Phi) is 4.59. The molecule has 22 heavy (non-hydrogen) atoms. The third-order valence-electron chi connectivity index (χ3n) is 3.58. The zero-order chi connectivity index (χ0) is 15.3. The first-order valence-electron chi connectivity index (χ1n) is 6.66. The van der Waals surface area contributed by atoms with E-state index in [1.807, 2.05) is 31.1 Å². The Bertz CT molecular complexity index is 848. The molecule has 0 radical (unpaired) electrons. The maximum absolute atomic E-state index is 6.55. The summed E-state index contributed by atoms with van der Waals surface area (Å²) in [6, 6.07) is 2.14. The number of rotatable bonds is 2. The largest absolute Gasteiger partial charge is 0.297 e. The third-order valence-corrected chi connectivity index (χ3v) is 4.91. The van der Waals surface area contributed by atoms with Crippen LogP contribution in [0, 0.1) is 20.8 Å². The summed E-state index contributed by atoms with van der Waals surface area (Å²) in [7, 11) is 1.92. The van der Waals surface area contributed by atoms with Crippen LogP contribution >= 0.6 is 23.4 Å². The molecule has 3 aromatic rings. The third kappa shape index (κ3) is 2.42. The number of hydrogen-bond donors (Lipinski definition) is 0. The van der Waals surface area contributed by atoms with Crippen LogP contribution in [0.2, 0.25) is 5.02 Å². The SMILES string of the molecule is C.CSc1c(Cl)c(-c2c(C)cc(C)c3nc(C)cn23)nn1C. The van der Waals surface area contributed by atoms with Crippen LogP contribution in [-0.2, 0) is 7.05 Å². The van der Waals surface area contributed by atoms with Gasteiger partial charge in [0.1, 0.15) is 21.4 Å². The Balaban J connectivity index is 0.00000176. The van der Waals surface area contributed by atoms with Crippen LogP contribution in [0.1, 0.15) is 24.2 Å². The number of pyridine rings is 1. The van der Waals surface area contributed by atoms with Crippen molar-refractivity contribution in [1.29, 1.82) is 0 Å². The second kappa shape index (κ2) is 5.97. The van der Waals surface area contributed by atoms with E-state index in [4.69, 9.17) is 11.6 Å². The van der Waals surface area contributed by atoms with E-state index in [1.54, 1.807) is 11.8 Å². The Morgan fingerprint density at radius 3 is 2.45 bits per heavy atom. The van der Waals surface area contributed by atoms with Crippen LogP contribution in [-0.4, -0.2) is 25.4 Å². The highest BCUT2D eigenvalue weighted by atomic mass is 35.5. The predicted molar refractivity (Wildman–Crippen MR) is 95.1 cm³/mol. The molecule has 0 aliphatic rings. The van der Waals surface area contributed by atoms with Crippen molar-refractivity contribution in [2.24, 2.45) is 7.05 Å². The van der Waals surface area contributed by atoms with Gasteiger partial charge in [-0.1, -0.05) is 25.1 Å². The van der Waals surface area contributed by atoms with Crippen LogP contribution in [0.15, 0.2) is 17.3 Å². The lowest BCUT2D eigenvalue weighted by molar-refractivity contribution is 0.701. The van der Waals surface area contributed by atoms with E-state index in [9.17, 15) is 0 Å². The van der Waals surface area contributed by atoms with Crippen LogP contribution in [0.3, 0.4) is 0 Å². The molecule has 0 fully saturated rings. The topological polar surface area (TPSA) is 35.1 Å². The van der Waals surface area contributed by atoms with E-state index >= 15 is 0 Å². The second-order valence-electron chi connectivity index (χ2n) is 5.23. The molecular formula is C16H21ClN4S. The summed E-state index contributed by atoms with van der Waals surface area (Å²) in [6.07, 6.45) is 4.04. The normalized spacial score (nSPS) is 11.0. The Morgan fingerprint density at radius 1 is 1.18 bits per heavy atom. The van der Waals surface area contributed by atoms with Crippen LogP contribution in [0.25, 0.3) is 17.0 Å². The maximum Gasteiger partial charge on any atom is 0.140 e. The molecule has 3 rings (SSSR count). The lowest BCUT2D eigenvalue weighted by Gasteiger charge is -2.09. The van der Waals surface area contributed by atoms with E-state index in [-0.39, 0.29) is 7.43 Å². The van der Waals surface area contributed by atoms with Gasteiger partial charge in [0.05, 0.1) is 11.4 Å². The molecule has 6 heteroatoms. The van der Waals surface area contributed by atoms with Crippen molar-refractivity contribution in [2.75, 3.05) is 6.26 Å². The summed E-state index contributed by atoms with van der Waals surface area (Å²) in [4.78, 5) is 4.60. The average molecular weight is 337 g/mol. The van der Waals surface area contributed by atoms with Crippen LogP contribution < -0.4 is 0 Å². The Morgan fingerprint density at radius 2 is 1.86 bits per heavy atom. The van der Waals surface area contributed by atoms with E-state index < -0.39 is 0 Å². The second-order valence-corrected chi connectivity index (χ2v) is 6.40. The van der Waals surface area contributed by atoms with Crippen molar-refractivity contribution < 1.29 is 0 Å². The number of hydrogen-bond acceptors (Lipinski definition) is 3. The van der Waals surface area contributed by atoms with Crippen molar-refractivity contribution in [3.05, 3.63) is 34.1 Å². The monoisotopic (exact) mass is 336 g/mol. The molecule has 118 valence electrons. The first-order valence-corrected chi connectivity index (χ1v) is 8.27. The molecule has 0 bridgehead atoms. The van der Waals surface area contributed by atoms with Gasteiger partial charge in [0.15, 0.2) is 0 Å². The van der Waals surface area contributed by atoms with E-state index in [0.29, 0.717) is 5.02 Å². The number of aryl methyl sites for hydroxylation is 4. The predicted octanol–water partition coefficient (Wildman–Crippen LogP) is 4.67. The number of nitrogens with zero attached hydrogens (tertiary/aromatic N) is 4. The molecular weight excluding hydrogens is 316 g/mol. The highest BCUT2D eigenvalue weighted by Crippen LogP contribution is 2.36. The van der Waals surface area contributed by atoms with Crippen molar-refractivity contribution in [1.82, 2.24) is 19.2 Å². The Hall–Kier alpha value is -1.46. The minimum absolute atomic E-state index is 0. The van der Waals surface area contributed by atoms with E-state index in [2.05, 4.69) is 34.4 Å². The van der Waals surface area contributed by atoms with Gasteiger partial charge in [-0.25, -0.2) is 4.98 Å². The van der Waals surface area contributed by atoms with Crippen molar-refractivity contribution in [3.63, 3.8) is 0 Å². The minimum Gasteiger partial charge on any atom is -0.297 e. The number of halogens is 1. The standard InChI is InChI=1S/C15H17ClN4S.CH4/c1-8-6-9(2)14-17-10(3)7-20(14)13(8)12-11(16)15(21-5)19(4)18-12;/h6-7H,1-5H3;1H4. The minimum atomic E-state index is 0. The zero-order valence-electron chi connectivity index (χ0n) is 12.7. The van der Waals surface area contributed by atoms with Gasteiger partial charge in [-0.15, -0.1) is 11.8 Å². The smallest absolute Gasteiger partial charge is 0.140 e. The van der Waals surface area contributed by atoms with Crippen LogP contribution in [0.5, 0.6) is 0 Å². The maximum atomic E-state index is 6.55. The van der Waals surface area contributed by atoms with E-state index in [0.717, 1.165) is 38.9 Å². The summed E-state index contributed by atoms with van der Waals surface area (Å²) in [5, 5.41) is 6.28. The summed E-state index contributed by atoms with van der Waals surface area (Å²) >= 11 is 8.15. The van der Waals surface area contributed by atoms with Gasteiger partial charge in [-0.3, -0.25) is 9.08 Å². The van der Waals surface area contributed by atoms with Gasteiger partial charge in [0.25, 0.3) is 0 Å². The lowest BCUT2D eigenvalue weighted by atomic mass is 10.1. The molecule has 0 aromatic carbocycles. The van der Waals surface area contributed by atoms with E-state index in [1.165, 1.54) is 0 Å². The highest BCUT2D eigenvalue weighted by Gasteiger charge is 2.20. The van der Waals surface area contributed by atoms with Gasteiger partial charge in [-0.2, -0.15) is 5.10 Å². The first-order chi connectivity index (χ1) is 9.93. The number of thioether (sulfide) groups is 1. The van der Waals surface area contributed by atoms with Crippen molar-refractivity contribution >= 4 is 29.0 Å². The molecule has 0 saturated carbocycles. The summed E-state index contributed by atoms with van der Waals surface area (Å²) in [6.45, 7) is 6.16. The van der Waals surface area contributed by atoms with Gasteiger partial charge in [0.2, 0.25) is 0 Å². The fourth-order valence-electron chi connectivity index (χ4n) is 2.75. The van der Waals surface area contributed by atoms with Gasteiger partial charge in [0, 0.05) is 13.2 Å². The van der Waals surface area contributed by atoms with Crippen molar-refractivity contribution in [3.8, 4) is 11.4 Å². The van der Waals surface area contributed by atoms with Gasteiger partial charge >= 0.3 is 0 Å². The van der Waals surface area contributed by atoms with Crippen molar-refractivity contribution in [2.45, 2.75) is 33.2 Å². The first kappa shape index (κ1) is 16.9. The summed E-state index contributed by atoms with van der Waals surface area (Å²) < 4.78 is 3.93. The quantitative estimate of drug-likeness (QED) is 0.638. The summed E-state index contributed by atoms with van der Waals surface area (Å²) in [5.41, 5.74) is 6.06. The molecule has 0 aliphatic heterocycles. The van der Waals surface area contributed by atoms with Gasteiger partial charge in [-0.05, 0) is 38.2 Å². The fourth-order valence-corrected chi connectivity index (χ4v) is 3.81. The molecule has 0 saturated heterocycles. The zero-order valence-corrected chi connectivity index (χ0v) is 14.3. The molecule has 0 spiro atoms. The molecule has 0 unspecified atom stereocenters. The molecule has 3 aromatic heterocycles. The number of aromatic nitrogens is 4. The van der Waals surface area contributed by atoms with Crippen LogP contribution in [0.4, 0.5) is 0 Å². The number of fused-ring (bicyclic) bond motifs is 1. The summed E-state index contributed by atoms with van der Waals surface area (Å²) in [5.74, 6) is 0. The lowest BCUT2D eigenvalue weighted by Crippen LogP contribution is -1.99. The molecule has 3 heterocycles. The molecule has 4 nitrogen and oxygen atoms in total. The van der Waals surface area contributed by atoms with Gasteiger partial charge < -0.3 is 0 Å². The highest BCUT2D eigenvalue weighted by molar-refractivity contribution is 7.98.